The summed E-state index contributed by atoms with van der Waals surface area (Å²) in [6, 6.07) is 13.5. The van der Waals surface area contributed by atoms with Crippen molar-refractivity contribution >= 4 is 33.2 Å². The van der Waals surface area contributed by atoms with E-state index in [1.54, 1.807) is 50.4 Å². The summed E-state index contributed by atoms with van der Waals surface area (Å²) in [6.07, 6.45) is 0. The Labute approximate surface area is 176 Å². The third-order valence-corrected chi connectivity index (χ3v) is 5.66. The summed E-state index contributed by atoms with van der Waals surface area (Å²) in [4.78, 5) is 8.95. The quantitative estimate of drug-likeness (QED) is 0.497. The lowest BCUT2D eigenvalue weighted by atomic mass is 10.2. The van der Waals surface area contributed by atoms with Gasteiger partial charge in [0, 0.05) is 29.7 Å². The van der Waals surface area contributed by atoms with E-state index in [9.17, 15) is 8.42 Å². The molecule has 0 unspecified atom stereocenters. The van der Waals surface area contributed by atoms with Gasteiger partial charge in [0.05, 0.1) is 12.0 Å². The summed E-state index contributed by atoms with van der Waals surface area (Å²) in [5.74, 6) is 1.85. The molecule has 158 valence electrons. The Morgan fingerprint density at radius 3 is 2.30 bits per heavy atom. The van der Waals surface area contributed by atoms with Crippen LogP contribution in [0.3, 0.4) is 0 Å². The van der Waals surface area contributed by atoms with Crippen LogP contribution in [-0.2, 0) is 10.0 Å². The van der Waals surface area contributed by atoms with Crippen molar-refractivity contribution in [2.45, 2.75) is 25.7 Å². The second-order valence-electron chi connectivity index (χ2n) is 6.69. The van der Waals surface area contributed by atoms with E-state index in [0.717, 1.165) is 29.3 Å². The molecule has 0 amide bonds. The standard InChI is InChI=1S/C21H25N5O3S/c1-5-22-20-13-15(3)23-21(25-20)24-16-6-8-17(9-7-16)26-30(27,28)18-10-11-19(29-4)14(2)12-18/h6-13,26H,5H2,1-4H3,(H2,22,23,24,25). The minimum absolute atomic E-state index is 0.173. The lowest BCUT2D eigenvalue weighted by Crippen LogP contribution is -2.13. The Morgan fingerprint density at radius 2 is 1.67 bits per heavy atom. The first kappa shape index (κ1) is 21.4. The van der Waals surface area contributed by atoms with Crippen LogP contribution in [-0.4, -0.2) is 32.0 Å². The number of nitrogens with one attached hydrogen (secondary N) is 3. The monoisotopic (exact) mass is 427 g/mol. The highest BCUT2D eigenvalue weighted by molar-refractivity contribution is 7.92. The number of benzene rings is 2. The van der Waals surface area contributed by atoms with E-state index >= 15 is 0 Å². The minimum Gasteiger partial charge on any atom is -0.496 e. The number of sulfonamides is 1. The molecule has 0 saturated carbocycles. The Hall–Kier alpha value is -3.33. The predicted molar refractivity (Wildman–Crippen MR) is 119 cm³/mol. The van der Waals surface area contributed by atoms with Gasteiger partial charge in [0.15, 0.2) is 0 Å². The Kier molecular flexibility index (Phi) is 6.41. The van der Waals surface area contributed by atoms with Crippen LogP contribution >= 0.6 is 0 Å². The summed E-state index contributed by atoms with van der Waals surface area (Å²) < 4.78 is 33.1. The van der Waals surface area contributed by atoms with Crippen molar-refractivity contribution in [2.75, 3.05) is 29.0 Å². The third-order valence-electron chi connectivity index (χ3n) is 4.28. The fraction of sp³-hybridized carbons (Fsp3) is 0.238. The van der Waals surface area contributed by atoms with E-state index in [-0.39, 0.29) is 4.90 Å². The van der Waals surface area contributed by atoms with Crippen molar-refractivity contribution < 1.29 is 13.2 Å². The van der Waals surface area contributed by atoms with Gasteiger partial charge in [0.1, 0.15) is 11.6 Å². The molecule has 0 aliphatic rings. The first-order valence-electron chi connectivity index (χ1n) is 9.45. The number of methoxy groups -OCH3 is 1. The van der Waals surface area contributed by atoms with Crippen LogP contribution in [0, 0.1) is 13.8 Å². The van der Waals surface area contributed by atoms with Crippen LogP contribution in [0.1, 0.15) is 18.2 Å². The Bertz CT molecular complexity index is 1130. The van der Waals surface area contributed by atoms with Gasteiger partial charge in [-0.1, -0.05) is 0 Å². The van der Waals surface area contributed by atoms with Crippen LogP contribution in [0.5, 0.6) is 5.75 Å². The SMILES string of the molecule is CCNc1cc(C)nc(Nc2ccc(NS(=O)(=O)c3ccc(OC)c(C)c3)cc2)n1. The molecule has 0 aliphatic heterocycles. The summed E-state index contributed by atoms with van der Waals surface area (Å²) in [6.45, 7) is 6.45. The topological polar surface area (TPSA) is 105 Å². The molecule has 3 rings (SSSR count). The van der Waals surface area contributed by atoms with E-state index in [2.05, 4.69) is 25.3 Å². The number of ether oxygens (including phenoxy) is 1. The summed E-state index contributed by atoms with van der Waals surface area (Å²) in [7, 11) is -2.16. The van der Waals surface area contributed by atoms with Gasteiger partial charge in [-0.15, -0.1) is 0 Å². The largest absolute Gasteiger partial charge is 0.496 e. The molecule has 0 atom stereocenters. The fourth-order valence-corrected chi connectivity index (χ4v) is 4.02. The van der Waals surface area contributed by atoms with Crippen LogP contribution < -0.4 is 20.1 Å². The number of hydrogen-bond acceptors (Lipinski definition) is 7. The van der Waals surface area contributed by atoms with Crippen molar-refractivity contribution in [1.82, 2.24) is 9.97 Å². The van der Waals surface area contributed by atoms with Gasteiger partial charge in [0.2, 0.25) is 5.95 Å². The second kappa shape index (κ2) is 9.00. The zero-order valence-corrected chi connectivity index (χ0v) is 18.2. The molecule has 1 heterocycles. The highest BCUT2D eigenvalue weighted by Gasteiger charge is 2.15. The molecule has 30 heavy (non-hydrogen) atoms. The van der Waals surface area contributed by atoms with Gasteiger partial charge in [-0.2, -0.15) is 4.98 Å². The normalized spacial score (nSPS) is 11.1. The van der Waals surface area contributed by atoms with Gasteiger partial charge in [-0.05, 0) is 68.8 Å². The maximum Gasteiger partial charge on any atom is 0.261 e. The molecule has 0 bridgehead atoms. The molecule has 0 aliphatic carbocycles. The van der Waals surface area contributed by atoms with Gasteiger partial charge < -0.3 is 15.4 Å². The van der Waals surface area contributed by atoms with Crippen molar-refractivity contribution in [3.8, 4) is 5.75 Å². The van der Waals surface area contributed by atoms with E-state index in [4.69, 9.17) is 4.74 Å². The van der Waals surface area contributed by atoms with Crippen molar-refractivity contribution in [3.05, 3.63) is 59.8 Å². The fourth-order valence-electron chi connectivity index (χ4n) is 2.88. The first-order valence-corrected chi connectivity index (χ1v) is 10.9. The van der Waals surface area contributed by atoms with Crippen LogP contribution in [0.25, 0.3) is 0 Å². The van der Waals surface area contributed by atoms with Gasteiger partial charge in [0.25, 0.3) is 10.0 Å². The third kappa shape index (κ3) is 5.18. The highest BCUT2D eigenvalue weighted by Crippen LogP contribution is 2.24. The summed E-state index contributed by atoms with van der Waals surface area (Å²) >= 11 is 0. The molecule has 9 heteroatoms. The zero-order valence-electron chi connectivity index (χ0n) is 17.4. The Balaban J connectivity index is 1.73. The van der Waals surface area contributed by atoms with E-state index < -0.39 is 10.0 Å². The number of rotatable bonds is 8. The molecule has 8 nitrogen and oxygen atoms in total. The maximum atomic E-state index is 12.7. The van der Waals surface area contributed by atoms with E-state index in [1.165, 1.54) is 6.07 Å². The zero-order chi connectivity index (χ0) is 21.7. The van der Waals surface area contributed by atoms with Crippen molar-refractivity contribution in [2.24, 2.45) is 0 Å². The molecular formula is C21H25N5O3S. The second-order valence-corrected chi connectivity index (χ2v) is 8.37. The van der Waals surface area contributed by atoms with Crippen LogP contribution in [0.4, 0.5) is 23.1 Å². The molecular weight excluding hydrogens is 402 g/mol. The number of anilines is 4. The van der Waals surface area contributed by atoms with E-state index in [1.807, 2.05) is 19.9 Å². The van der Waals surface area contributed by atoms with Gasteiger partial charge >= 0.3 is 0 Å². The number of aromatic nitrogens is 2. The molecule has 0 fully saturated rings. The number of aryl methyl sites for hydroxylation is 2. The molecule has 2 aromatic carbocycles. The molecule has 0 radical (unpaired) electrons. The minimum atomic E-state index is -3.71. The first-order chi connectivity index (χ1) is 14.3. The molecule has 3 aromatic rings. The van der Waals surface area contributed by atoms with E-state index in [0.29, 0.717) is 17.4 Å². The van der Waals surface area contributed by atoms with Crippen molar-refractivity contribution in [3.63, 3.8) is 0 Å². The van der Waals surface area contributed by atoms with Gasteiger partial charge in [-0.25, -0.2) is 13.4 Å². The average molecular weight is 428 g/mol. The molecule has 3 N–H and O–H groups in total. The van der Waals surface area contributed by atoms with Gasteiger partial charge in [-0.3, -0.25) is 4.72 Å². The predicted octanol–water partition coefficient (Wildman–Crippen LogP) is 4.08. The van der Waals surface area contributed by atoms with Crippen LogP contribution in [0.2, 0.25) is 0 Å². The number of nitrogens with zero attached hydrogens (tertiary/aromatic N) is 2. The molecule has 0 saturated heterocycles. The average Bonchev–Trinajstić information content (AvgIpc) is 2.69. The number of hydrogen-bond donors (Lipinski definition) is 3. The summed E-state index contributed by atoms with van der Waals surface area (Å²) in [5.41, 5.74) is 2.77. The molecule has 1 aromatic heterocycles. The van der Waals surface area contributed by atoms with Crippen LogP contribution in [0.15, 0.2) is 53.4 Å². The smallest absolute Gasteiger partial charge is 0.261 e. The summed E-state index contributed by atoms with van der Waals surface area (Å²) in [5, 5.41) is 6.29. The maximum absolute atomic E-state index is 12.7. The highest BCUT2D eigenvalue weighted by atomic mass is 32.2. The lowest BCUT2D eigenvalue weighted by Gasteiger charge is -2.12. The Morgan fingerprint density at radius 1 is 0.967 bits per heavy atom. The van der Waals surface area contributed by atoms with Crippen molar-refractivity contribution in [1.29, 1.82) is 0 Å². The molecule has 0 spiro atoms. The lowest BCUT2D eigenvalue weighted by molar-refractivity contribution is 0.411.